The number of hydrogen-bond donors (Lipinski definition) is 4. The molecule has 0 fully saturated rings. The lowest BCUT2D eigenvalue weighted by Gasteiger charge is -1.85. The van der Waals surface area contributed by atoms with Crippen molar-refractivity contribution in [2.24, 2.45) is 5.73 Å². The third-order valence-corrected chi connectivity index (χ3v) is 0.269. The Bertz CT molecular complexity index is 55.2. The summed E-state index contributed by atoms with van der Waals surface area (Å²) in [7, 11) is 1.60. The van der Waals surface area contributed by atoms with Gasteiger partial charge >= 0.3 is 0 Å². The van der Waals surface area contributed by atoms with Crippen LogP contribution in [0.2, 0.25) is 0 Å². The zero-order chi connectivity index (χ0) is 6.99. The first kappa shape index (κ1) is 10.3. The van der Waals surface area contributed by atoms with Crippen LogP contribution in [-0.4, -0.2) is 24.7 Å². The Hall–Kier alpha value is -0.770. The first-order valence-corrected chi connectivity index (χ1v) is 2.31. The molecule has 0 aliphatic heterocycles. The van der Waals surface area contributed by atoms with Gasteiger partial charge < -0.3 is 16.2 Å². The summed E-state index contributed by atoms with van der Waals surface area (Å²) in [5.74, 6) is 0.00463. The second kappa shape index (κ2) is 9.52. The molecule has 0 saturated carbocycles. The molecule has 0 unspecified atom stereocenters. The largest absolute Gasteiger partial charge is 0.397 e. The lowest BCUT2D eigenvalue weighted by molar-refractivity contribution is 0.318. The van der Waals surface area contributed by atoms with Crippen molar-refractivity contribution >= 4 is 5.96 Å². The van der Waals surface area contributed by atoms with E-state index in [4.69, 9.17) is 16.2 Å². The normalized spacial score (nSPS) is 6.38. The Morgan fingerprint density at radius 3 is 2.00 bits per heavy atom. The van der Waals surface area contributed by atoms with Gasteiger partial charge in [0, 0.05) is 13.7 Å². The van der Waals surface area contributed by atoms with E-state index in [0.29, 0.717) is 0 Å². The summed E-state index contributed by atoms with van der Waals surface area (Å²) < 4.78 is 0. The molecule has 4 nitrogen and oxygen atoms in total. The lowest BCUT2D eigenvalue weighted by Crippen LogP contribution is -2.25. The summed E-state index contributed by atoms with van der Waals surface area (Å²) in [6, 6.07) is 0. The van der Waals surface area contributed by atoms with Crippen molar-refractivity contribution in [2.45, 2.75) is 6.92 Å². The number of nitrogens with two attached hydrogens (primary N) is 1. The fourth-order valence-corrected chi connectivity index (χ4v) is 0. The van der Waals surface area contributed by atoms with Crippen LogP contribution in [0.25, 0.3) is 0 Å². The van der Waals surface area contributed by atoms with Gasteiger partial charge in [-0.1, -0.05) is 0 Å². The van der Waals surface area contributed by atoms with E-state index in [1.54, 1.807) is 14.0 Å². The van der Waals surface area contributed by atoms with E-state index < -0.39 is 0 Å². The molecule has 0 aliphatic rings. The van der Waals surface area contributed by atoms with E-state index in [-0.39, 0.29) is 12.6 Å². The molecular formula is C4H13N3O. The fourth-order valence-electron chi connectivity index (χ4n) is 0. The van der Waals surface area contributed by atoms with E-state index in [1.165, 1.54) is 0 Å². The van der Waals surface area contributed by atoms with E-state index in [0.717, 1.165) is 0 Å². The van der Waals surface area contributed by atoms with Crippen molar-refractivity contribution in [3.63, 3.8) is 0 Å². The molecule has 4 heteroatoms. The SMILES string of the molecule is CCO.CNC(=N)N. The average molecular weight is 119 g/mol. The molecule has 50 valence electrons. The van der Waals surface area contributed by atoms with Crippen molar-refractivity contribution in [2.75, 3.05) is 13.7 Å². The van der Waals surface area contributed by atoms with Gasteiger partial charge in [0.2, 0.25) is 0 Å². The molecule has 0 radical (unpaired) electrons. The molecule has 0 aromatic rings. The van der Waals surface area contributed by atoms with E-state index >= 15 is 0 Å². The van der Waals surface area contributed by atoms with E-state index in [1.807, 2.05) is 0 Å². The van der Waals surface area contributed by atoms with Gasteiger partial charge in [-0.25, -0.2) is 0 Å². The van der Waals surface area contributed by atoms with Crippen LogP contribution >= 0.6 is 0 Å². The predicted octanol–water partition coefficient (Wildman–Crippen LogP) is -0.902. The van der Waals surface area contributed by atoms with E-state index in [9.17, 15) is 0 Å². The minimum absolute atomic E-state index is 0.00463. The van der Waals surface area contributed by atoms with Gasteiger partial charge in [0.25, 0.3) is 0 Å². The van der Waals surface area contributed by atoms with Crippen molar-refractivity contribution in [1.82, 2.24) is 5.32 Å². The Labute approximate surface area is 49.2 Å². The Morgan fingerprint density at radius 1 is 1.88 bits per heavy atom. The van der Waals surface area contributed by atoms with Gasteiger partial charge in [0.05, 0.1) is 0 Å². The monoisotopic (exact) mass is 119 g/mol. The summed E-state index contributed by atoms with van der Waals surface area (Å²) in [5.41, 5.74) is 4.76. The third kappa shape index (κ3) is 61.9. The van der Waals surface area contributed by atoms with Gasteiger partial charge in [-0.15, -0.1) is 0 Å². The molecule has 0 saturated heterocycles. The molecule has 8 heavy (non-hydrogen) atoms. The minimum Gasteiger partial charge on any atom is -0.397 e. The number of aliphatic hydroxyl groups is 1. The molecule has 0 bridgehead atoms. The van der Waals surface area contributed by atoms with Gasteiger partial charge in [0.15, 0.2) is 5.96 Å². The quantitative estimate of drug-likeness (QED) is 0.246. The molecule has 0 amide bonds. The van der Waals surface area contributed by atoms with Crippen LogP contribution in [0.3, 0.4) is 0 Å². The number of rotatable bonds is 0. The molecule has 0 rings (SSSR count). The zero-order valence-electron chi connectivity index (χ0n) is 5.23. The van der Waals surface area contributed by atoms with Crippen molar-refractivity contribution in [3.05, 3.63) is 0 Å². The first-order chi connectivity index (χ1) is 3.68. The zero-order valence-corrected chi connectivity index (χ0v) is 5.23. The average Bonchev–Trinajstić information content (AvgIpc) is 1.69. The molecule has 0 aromatic carbocycles. The third-order valence-electron chi connectivity index (χ3n) is 0.269. The van der Waals surface area contributed by atoms with Crippen molar-refractivity contribution in [1.29, 1.82) is 5.41 Å². The molecule has 5 N–H and O–H groups in total. The highest BCUT2D eigenvalue weighted by atomic mass is 16.2. The highest BCUT2D eigenvalue weighted by molar-refractivity contribution is 5.73. The molecule has 0 aromatic heterocycles. The number of guanidine groups is 1. The molecular weight excluding hydrogens is 106 g/mol. The predicted molar refractivity (Wildman–Crippen MR) is 33.7 cm³/mol. The summed E-state index contributed by atoms with van der Waals surface area (Å²) in [6.07, 6.45) is 0. The highest BCUT2D eigenvalue weighted by Gasteiger charge is 1.65. The van der Waals surface area contributed by atoms with Crippen LogP contribution in [0.1, 0.15) is 6.92 Å². The molecule has 0 aliphatic carbocycles. The van der Waals surface area contributed by atoms with Crippen molar-refractivity contribution < 1.29 is 5.11 Å². The molecule has 0 spiro atoms. The number of aliphatic hydroxyl groups excluding tert-OH is 1. The maximum atomic E-state index is 7.57. The summed E-state index contributed by atoms with van der Waals surface area (Å²) in [5, 5.41) is 16.4. The van der Waals surface area contributed by atoms with Gasteiger partial charge in [-0.05, 0) is 6.92 Å². The smallest absolute Gasteiger partial charge is 0.185 e. The standard InChI is InChI=1S/C2H7N3.C2H6O/c1-5-2(3)4;1-2-3/h1H3,(H4,3,4,5);3H,2H2,1H3. The van der Waals surface area contributed by atoms with Crippen LogP contribution in [-0.2, 0) is 0 Å². The maximum absolute atomic E-state index is 7.57. The van der Waals surface area contributed by atoms with Crippen LogP contribution in [0.4, 0.5) is 0 Å². The maximum Gasteiger partial charge on any atom is 0.185 e. The Balaban J connectivity index is 0. The topological polar surface area (TPSA) is 82.1 Å². The summed E-state index contributed by atoms with van der Waals surface area (Å²) in [4.78, 5) is 0. The van der Waals surface area contributed by atoms with Gasteiger partial charge in [-0.3, -0.25) is 5.41 Å². The second-order valence-electron chi connectivity index (χ2n) is 0.980. The number of hydrogen-bond acceptors (Lipinski definition) is 2. The minimum atomic E-state index is 0.00463. The van der Waals surface area contributed by atoms with Gasteiger partial charge in [0.1, 0.15) is 0 Å². The number of nitrogens with one attached hydrogen (secondary N) is 2. The first-order valence-electron chi connectivity index (χ1n) is 2.31. The molecule has 0 atom stereocenters. The Morgan fingerprint density at radius 2 is 2.00 bits per heavy atom. The van der Waals surface area contributed by atoms with Crippen molar-refractivity contribution in [3.8, 4) is 0 Å². The molecule has 0 heterocycles. The van der Waals surface area contributed by atoms with E-state index in [2.05, 4.69) is 5.32 Å². The lowest BCUT2D eigenvalue weighted by atomic mass is 10.9. The summed E-state index contributed by atoms with van der Waals surface area (Å²) >= 11 is 0. The second-order valence-corrected chi connectivity index (χ2v) is 0.980. The summed E-state index contributed by atoms with van der Waals surface area (Å²) in [6.45, 7) is 1.93. The Kier molecular flexibility index (Phi) is 12.2. The van der Waals surface area contributed by atoms with Gasteiger partial charge in [-0.2, -0.15) is 0 Å². The highest BCUT2D eigenvalue weighted by Crippen LogP contribution is 1.31. The fraction of sp³-hybridized carbons (Fsp3) is 0.750. The van der Waals surface area contributed by atoms with Crippen LogP contribution in [0, 0.1) is 5.41 Å². The van der Waals surface area contributed by atoms with Crippen LogP contribution < -0.4 is 11.1 Å². The van der Waals surface area contributed by atoms with Crippen LogP contribution in [0.15, 0.2) is 0 Å². The van der Waals surface area contributed by atoms with Crippen LogP contribution in [0.5, 0.6) is 0 Å².